The van der Waals surface area contributed by atoms with Crippen LogP contribution in [0.2, 0.25) is 0 Å². The van der Waals surface area contributed by atoms with Crippen LogP contribution in [0.3, 0.4) is 0 Å². The number of rotatable bonds is 8. The molecular weight excluding hydrogens is 489 g/mol. The average Bonchev–Trinajstić information content (AvgIpc) is 3.27. The van der Waals surface area contributed by atoms with Gasteiger partial charge in [0.2, 0.25) is 0 Å². The summed E-state index contributed by atoms with van der Waals surface area (Å²) in [5.41, 5.74) is 1.85. The standard InChI is InChI=1S/C26H34N7O3P/c1-35-22-11-20(37(34)9-7-33(8-10-37)19-15-36-16-19)5-6-21(22)30-26-31-24(28-13-17-3-2-4-17)23-18(12-27)14-29-25(23)32-26/h5-6,11,14,17,19,34,37H,2-4,7-10,13,15-16H2,1H3,(H3,28,29,30,31,32). The number of hydrogen-bond donors (Lipinski definition) is 4. The third-order valence-electron chi connectivity index (χ3n) is 8.18. The predicted octanol–water partition coefficient (Wildman–Crippen LogP) is 2.79. The summed E-state index contributed by atoms with van der Waals surface area (Å²) >= 11 is 0. The molecule has 0 amide bonds. The van der Waals surface area contributed by atoms with Crippen molar-refractivity contribution in [3.63, 3.8) is 0 Å². The Morgan fingerprint density at radius 2 is 2.08 bits per heavy atom. The topological polar surface area (TPSA) is 131 Å². The Morgan fingerprint density at radius 1 is 1.27 bits per heavy atom. The molecule has 196 valence electrons. The van der Waals surface area contributed by atoms with Gasteiger partial charge in [0.15, 0.2) is 0 Å². The van der Waals surface area contributed by atoms with Crippen molar-refractivity contribution in [2.45, 2.75) is 25.3 Å². The number of nitrogens with zero attached hydrogens (tertiary/aromatic N) is 4. The first kappa shape index (κ1) is 24.4. The maximum atomic E-state index is 11.6. The number of aromatic amines is 1. The fraction of sp³-hybridized carbons (Fsp3) is 0.500. The van der Waals surface area contributed by atoms with E-state index in [1.54, 1.807) is 13.3 Å². The SMILES string of the molecule is COc1cc([PH]2(O)CCN(C3COC3)CC2)ccc1Nc1nc(NCC2CCC2)c2c(C#N)c[nH]c2n1. The van der Waals surface area contributed by atoms with E-state index >= 15 is 0 Å². The molecule has 6 rings (SSSR count). The van der Waals surface area contributed by atoms with Gasteiger partial charge < -0.3 is 0 Å². The van der Waals surface area contributed by atoms with Crippen LogP contribution in [0.15, 0.2) is 24.4 Å². The monoisotopic (exact) mass is 523 g/mol. The number of nitrogens with one attached hydrogen (secondary N) is 3. The van der Waals surface area contributed by atoms with Crippen molar-refractivity contribution in [3.05, 3.63) is 30.0 Å². The van der Waals surface area contributed by atoms with Crippen LogP contribution in [0, 0.1) is 17.2 Å². The number of benzene rings is 1. The van der Waals surface area contributed by atoms with E-state index in [1.165, 1.54) is 19.3 Å². The molecule has 0 spiro atoms. The molecule has 0 atom stereocenters. The molecule has 0 unspecified atom stereocenters. The number of aromatic nitrogens is 3. The molecule has 2 aromatic heterocycles. The van der Waals surface area contributed by atoms with Crippen molar-refractivity contribution >= 4 is 41.3 Å². The van der Waals surface area contributed by atoms with E-state index in [0.717, 1.165) is 56.2 Å². The number of methoxy groups -OCH3 is 1. The van der Waals surface area contributed by atoms with E-state index in [2.05, 4.69) is 31.6 Å². The first-order valence-corrected chi connectivity index (χ1v) is 15.5. The van der Waals surface area contributed by atoms with Gasteiger partial charge in [0.05, 0.1) is 0 Å². The fourth-order valence-corrected chi connectivity index (χ4v) is 8.36. The molecule has 2 saturated heterocycles. The molecule has 3 aliphatic rings. The van der Waals surface area contributed by atoms with Crippen LogP contribution in [0.5, 0.6) is 5.75 Å². The van der Waals surface area contributed by atoms with Crippen LogP contribution in [0.1, 0.15) is 24.8 Å². The van der Waals surface area contributed by atoms with Gasteiger partial charge in [-0.1, -0.05) is 6.42 Å². The second-order valence-corrected chi connectivity index (χ2v) is 14.1. The summed E-state index contributed by atoms with van der Waals surface area (Å²) in [6.45, 7) is 4.25. The molecule has 11 heteroatoms. The van der Waals surface area contributed by atoms with Crippen LogP contribution in [-0.4, -0.2) is 83.1 Å². The molecular formula is C26H34N7O3P. The average molecular weight is 524 g/mol. The van der Waals surface area contributed by atoms with Crippen LogP contribution in [-0.2, 0) is 4.74 Å². The number of ether oxygens (including phenoxy) is 2. The molecule has 3 fully saturated rings. The zero-order valence-electron chi connectivity index (χ0n) is 21.1. The van der Waals surface area contributed by atoms with Crippen molar-refractivity contribution in [3.8, 4) is 11.8 Å². The van der Waals surface area contributed by atoms with Gasteiger partial charge in [0, 0.05) is 0 Å². The number of H-pyrrole nitrogens is 1. The Balaban J connectivity index is 1.23. The maximum absolute atomic E-state index is 11.6. The van der Waals surface area contributed by atoms with Crippen LogP contribution >= 0.6 is 7.49 Å². The molecule has 1 aliphatic carbocycles. The Kier molecular flexibility index (Phi) is 6.63. The van der Waals surface area contributed by atoms with E-state index in [-0.39, 0.29) is 0 Å². The zero-order valence-corrected chi connectivity index (χ0v) is 22.1. The molecule has 4 heterocycles. The van der Waals surface area contributed by atoms with Gasteiger partial charge in [-0.25, -0.2) is 0 Å². The van der Waals surface area contributed by atoms with Gasteiger partial charge in [-0.3, -0.25) is 0 Å². The molecule has 0 radical (unpaired) electrons. The molecule has 37 heavy (non-hydrogen) atoms. The van der Waals surface area contributed by atoms with E-state index in [4.69, 9.17) is 14.5 Å². The van der Waals surface area contributed by atoms with Gasteiger partial charge in [-0.05, 0) is 0 Å². The second kappa shape index (κ2) is 10.1. The van der Waals surface area contributed by atoms with Crippen LogP contribution in [0.4, 0.5) is 17.5 Å². The minimum atomic E-state index is -2.59. The molecule has 1 aromatic carbocycles. The van der Waals surface area contributed by atoms with E-state index in [9.17, 15) is 10.2 Å². The molecule has 2 aliphatic heterocycles. The Labute approximate surface area is 216 Å². The first-order valence-electron chi connectivity index (χ1n) is 13.1. The molecule has 1 saturated carbocycles. The number of nitriles is 1. The van der Waals surface area contributed by atoms with Crippen LogP contribution in [0.25, 0.3) is 11.0 Å². The van der Waals surface area contributed by atoms with Crippen molar-refractivity contribution < 1.29 is 14.4 Å². The van der Waals surface area contributed by atoms with Gasteiger partial charge in [0.1, 0.15) is 0 Å². The first-order chi connectivity index (χ1) is 18.1. The quantitative estimate of drug-likeness (QED) is 0.329. The zero-order chi connectivity index (χ0) is 25.4. The molecule has 10 nitrogen and oxygen atoms in total. The van der Waals surface area contributed by atoms with Crippen molar-refractivity contribution in [2.75, 3.05) is 62.9 Å². The van der Waals surface area contributed by atoms with Crippen molar-refractivity contribution in [2.24, 2.45) is 5.92 Å². The van der Waals surface area contributed by atoms with Gasteiger partial charge in [0.25, 0.3) is 0 Å². The van der Waals surface area contributed by atoms with Crippen LogP contribution < -0.4 is 20.7 Å². The normalized spacial score (nSPS) is 21.0. The summed E-state index contributed by atoms with van der Waals surface area (Å²) in [6.07, 6.45) is 7.00. The summed E-state index contributed by atoms with van der Waals surface area (Å²) in [4.78, 5) is 26.5. The number of hydrogen-bond acceptors (Lipinski definition) is 9. The Bertz CT molecular complexity index is 1320. The van der Waals surface area contributed by atoms with Gasteiger partial charge in [-0.15, -0.1) is 0 Å². The van der Waals surface area contributed by atoms with E-state index in [1.807, 2.05) is 18.2 Å². The third-order valence-corrected chi connectivity index (χ3v) is 11.7. The van der Waals surface area contributed by atoms with Crippen molar-refractivity contribution in [1.82, 2.24) is 19.9 Å². The third kappa shape index (κ3) is 4.73. The summed E-state index contributed by atoms with van der Waals surface area (Å²) in [5.74, 6) is 2.35. The number of anilines is 3. The van der Waals surface area contributed by atoms with E-state index in [0.29, 0.717) is 46.1 Å². The summed E-state index contributed by atoms with van der Waals surface area (Å²) in [5, 5.41) is 18.0. The summed E-state index contributed by atoms with van der Waals surface area (Å²) < 4.78 is 11.1. The Morgan fingerprint density at radius 3 is 2.73 bits per heavy atom. The number of fused-ring (bicyclic) bond motifs is 1. The van der Waals surface area contributed by atoms with Gasteiger partial charge in [-0.2, -0.15) is 0 Å². The Hall–Kier alpha value is -2.96. The second-order valence-electron chi connectivity index (χ2n) is 10.4. The van der Waals surface area contributed by atoms with Gasteiger partial charge >= 0.3 is 210 Å². The molecule has 4 N–H and O–H groups in total. The summed E-state index contributed by atoms with van der Waals surface area (Å²) in [6, 6.07) is 8.65. The van der Waals surface area contributed by atoms with Crippen molar-refractivity contribution in [1.29, 1.82) is 5.26 Å². The summed E-state index contributed by atoms with van der Waals surface area (Å²) in [7, 11) is -0.951. The minimum absolute atomic E-state index is 0.410. The van der Waals surface area contributed by atoms with E-state index < -0.39 is 7.49 Å². The predicted molar refractivity (Wildman–Crippen MR) is 147 cm³/mol. The molecule has 0 bridgehead atoms. The molecule has 3 aromatic rings. The fourth-order valence-electron chi connectivity index (χ4n) is 5.43.